The van der Waals surface area contributed by atoms with E-state index in [1.54, 1.807) is 45.5 Å². The first-order valence-corrected chi connectivity index (χ1v) is 12.2. The van der Waals surface area contributed by atoms with Crippen molar-refractivity contribution in [3.63, 3.8) is 0 Å². The first-order valence-electron chi connectivity index (χ1n) is 12.2. The SMILES string of the molecule is COC(=O)[C@@H]1[C@@H](c2ccccc2)[C@]2(c3ccc(OC)cc3)Oc3cc(OC)cc(OC)c3[C@]2(O)C12ON2C. The Morgan fingerprint density at radius 3 is 2.13 bits per heavy atom. The summed E-state index contributed by atoms with van der Waals surface area (Å²) in [6, 6.07) is 20.2. The number of likely N-dealkylation sites (N-methyl/N-ethyl adjacent to an activating group) is 1. The number of carbonyl (C=O) groups excluding carboxylic acids is 1. The third-order valence-corrected chi connectivity index (χ3v) is 8.22. The molecule has 0 amide bonds. The van der Waals surface area contributed by atoms with Crippen LogP contribution in [0.3, 0.4) is 0 Å². The predicted octanol–water partition coefficient (Wildman–Crippen LogP) is 3.35. The molecule has 2 unspecified atom stereocenters. The second-order valence-corrected chi connectivity index (χ2v) is 9.65. The molecule has 3 aromatic rings. The van der Waals surface area contributed by atoms with Crippen molar-refractivity contribution in [1.82, 2.24) is 5.06 Å². The monoisotopic (exact) mass is 519 g/mol. The van der Waals surface area contributed by atoms with Gasteiger partial charge in [0, 0.05) is 25.1 Å². The van der Waals surface area contributed by atoms with Crippen LogP contribution in [0.5, 0.6) is 23.0 Å². The van der Waals surface area contributed by atoms with Gasteiger partial charge in [0.15, 0.2) is 11.2 Å². The topological polar surface area (TPSA) is 99.0 Å². The molecule has 0 aromatic heterocycles. The van der Waals surface area contributed by atoms with E-state index in [1.807, 2.05) is 42.5 Å². The van der Waals surface area contributed by atoms with Crippen LogP contribution in [-0.2, 0) is 25.6 Å². The zero-order valence-corrected chi connectivity index (χ0v) is 21.8. The lowest BCUT2D eigenvalue weighted by molar-refractivity contribution is -0.152. The summed E-state index contributed by atoms with van der Waals surface area (Å²) in [5.74, 6) is -0.387. The highest BCUT2D eigenvalue weighted by atomic mass is 16.9. The Bertz CT molecular complexity index is 1400. The predicted molar refractivity (Wildman–Crippen MR) is 135 cm³/mol. The van der Waals surface area contributed by atoms with Crippen LogP contribution in [0.1, 0.15) is 22.6 Å². The number of carbonyl (C=O) groups is 1. The van der Waals surface area contributed by atoms with Crippen LogP contribution in [0.15, 0.2) is 66.7 Å². The molecule has 2 heterocycles. The van der Waals surface area contributed by atoms with Crippen LogP contribution < -0.4 is 18.9 Å². The fourth-order valence-corrected chi connectivity index (χ4v) is 6.67. The summed E-state index contributed by atoms with van der Waals surface area (Å²) in [5, 5.41) is 14.8. The Balaban J connectivity index is 1.75. The maximum atomic E-state index is 13.6. The summed E-state index contributed by atoms with van der Waals surface area (Å²) in [7, 11) is 7.66. The van der Waals surface area contributed by atoms with Crippen molar-refractivity contribution in [3.05, 3.63) is 83.4 Å². The number of esters is 1. The van der Waals surface area contributed by atoms with Gasteiger partial charge in [0.25, 0.3) is 0 Å². The van der Waals surface area contributed by atoms with Gasteiger partial charge in [-0.1, -0.05) is 42.5 Å². The Kier molecular flexibility index (Phi) is 5.40. The number of nitrogens with zero attached hydrogens (tertiary/aromatic N) is 1. The third-order valence-electron chi connectivity index (χ3n) is 8.22. The molecular formula is C29H29NO8. The number of hydroxylamine groups is 2. The Labute approximate surface area is 220 Å². The van der Waals surface area contributed by atoms with E-state index in [-0.39, 0.29) is 0 Å². The molecule has 9 heteroatoms. The standard InChI is InChI=1S/C29H29NO8/c1-30-29(38-30)25(26(31)36-5)23(17-9-7-6-8-10-17)27(18-11-13-19(33-2)14-12-18)28(29,32)24-21(35-4)15-20(34-3)16-22(24)37-27/h6-16,23,25,32H,1-5H3/t23-,25+,27+,28-,29?,30?/m1/s1. The van der Waals surface area contributed by atoms with Gasteiger partial charge >= 0.3 is 5.97 Å². The number of methoxy groups -OCH3 is 4. The summed E-state index contributed by atoms with van der Waals surface area (Å²) in [6.45, 7) is 0. The average molecular weight is 520 g/mol. The number of fused-ring (bicyclic) bond motifs is 4. The molecule has 9 nitrogen and oxygen atoms in total. The molecule has 198 valence electrons. The first-order chi connectivity index (χ1) is 18.3. The minimum absolute atomic E-state index is 0.345. The van der Waals surface area contributed by atoms with Crippen molar-refractivity contribution in [2.45, 2.75) is 22.8 Å². The number of rotatable bonds is 6. The molecule has 6 atom stereocenters. The van der Waals surface area contributed by atoms with Crippen LogP contribution in [0, 0.1) is 5.92 Å². The molecule has 1 aliphatic carbocycles. The summed E-state index contributed by atoms with van der Waals surface area (Å²) >= 11 is 0. The molecule has 1 saturated heterocycles. The van der Waals surface area contributed by atoms with E-state index in [0.717, 1.165) is 5.56 Å². The van der Waals surface area contributed by atoms with E-state index in [0.29, 0.717) is 34.1 Å². The molecule has 3 aliphatic rings. The highest BCUT2D eigenvalue weighted by molar-refractivity contribution is 5.80. The van der Waals surface area contributed by atoms with Gasteiger partial charge in [-0.3, -0.25) is 9.63 Å². The zero-order valence-electron chi connectivity index (χ0n) is 21.8. The fourth-order valence-electron chi connectivity index (χ4n) is 6.67. The van der Waals surface area contributed by atoms with Gasteiger partial charge in [0.05, 0.1) is 34.0 Å². The number of benzene rings is 3. The van der Waals surface area contributed by atoms with Crippen LogP contribution in [0.25, 0.3) is 0 Å². The van der Waals surface area contributed by atoms with Gasteiger partial charge in [-0.05, 0) is 23.3 Å². The molecule has 0 bridgehead atoms. The van der Waals surface area contributed by atoms with Gasteiger partial charge < -0.3 is 28.8 Å². The van der Waals surface area contributed by atoms with E-state index in [9.17, 15) is 9.90 Å². The summed E-state index contributed by atoms with van der Waals surface area (Å²) < 4.78 is 28.9. The number of hydrogen-bond acceptors (Lipinski definition) is 9. The molecule has 1 N–H and O–H groups in total. The smallest absolute Gasteiger partial charge is 0.314 e. The number of ether oxygens (including phenoxy) is 5. The van der Waals surface area contributed by atoms with Crippen LogP contribution in [-0.4, -0.2) is 57.4 Å². The largest absolute Gasteiger partial charge is 0.497 e. The lowest BCUT2D eigenvalue weighted by Gasteiger charge is -2.40. The summed E-state index contributed by atoms with van der Waals surface area (Å²) in [5.41, 5.74) is -3.21. The van der Waals surface area contributed by atoms with Gasteiger partial charge in [0.2, 0.25) is 5.72 Å². The highest BCUT2D eigenvalue weighted by Crippen LogP contribution is 2.78. The van der Waals surface area contributed by atoms with Crippen molar-refractivity contribution in [2.75, 3.05) is 35.5 Å². The average Bonchev–Trinajstić information content (AvgIpc) is 3.50. The van der Waals surface area contributed by atoms with Crippen molar-refractivity contribution < 1.29 is 38.4 Å². The van der Waals surface area contributed by atoms with E-state index >= 15 is 0 Å². The third kappa shape index (κ3) is 2.78. The van der Waals surface area contributed by atoms with Crippen LogP contribution in [0.2, 0.25) is 0 Å². The van der Waals surface area contributed by atoms with Crippen molar-refractivity contribution >= 4 is 5.97 Å². The summed E-state index contributed by atoms with van der Waals surface area (Å²) in [4.78, 5) is 19.8. The van der Waals surface area contributed by atoms with Gasteiger partial charge in [-0.2, -0.15) is 5.06 Å². The normalized spacial score (nSPS) is 32.2. The highest BCUT2D eigenvalue weighted by Gasteiger charge is 2.92. The van der Waals surface area contributed by atoms with E-state index in [2.05, 4.69) is 0 Å². The van der Waals surface area contributed by atoms with E-state index in [4.69, 9.17) is 28.5 Å². The van der Waals surface area contributed by atoms with E-state index in [1.165, 1.54) is 19.3 Å². The second kappa shape index (κ2) is 8.36. The van der Waals surface area contributed by atoms with Crippen molar-refractivity contribution in [2.24, 2.45) is 5.92 Å². The number of hydrogen-bond donors (Lipinski definition) is 1. The maximum absolute atomic E-state index is 13.6. The molecule has 6 rings (SSSR count). The molecule has 2 fully saturated rings. The Hall–Kier alpha value is -3.79. The second-order valence-electron chi connectivity index (χ2n) is 9.65. The van der Waals surface area contributed by atoms with Gasteiger partial charge in [-0.15, -0.1) is 0 Å². The molecule has 3 aromatic carbocycles. The minimum atomic E-state index is -1.92. The number of aliphatic hydroxyl groups is 1. The molecule has 1 spiro atoms. The molecular weight excluding hydrogens is 490 g/mol. The fraction of sp³-hybridized carbons (Fsp3) is 0.345. The van der Waals surface area contributed by atoms with Crippen LogP contribution in [0.4, 0.5) is 0 Å². The van der Waals surface area contributed by atoms with E-state index < -0.39 is 34.7 Å². The Morgan fingerprint density at radius 2 is 1.58 bits per heavy atom. The lowest BCUT2D eigenvalue weighted by Crippen LogP contribution is -2.54. The van der Waals surface area contributed by atoms with Gasteiger partial charge in [0.1, 0.15) is 28.9 Å². The Morgan fingerprint density at radius 1 is 0.921 bits per heavy atom. The van der Waals surface area contributed by atoms with Crippen molar-refractivity contribution in [3.8, 4) is 23.0 Å². The lowest BCUT2D eigenvalue weighted by atomic mass is 9.70. The maximum Gasteiger partial charge on any atom is 0.314 e. The van der Waals surface area contributed by atoms with Gasteiger partial charge in [-0.25, -0.2) is 0 Å². The first kappa shape index (κ1) is 24.5. The van der Waals surface area contributed by atoms with Crippen LogP contribution >= 0.6 is 0 Å². The summed E-state index contributed by atoms with van der Waals surface area (Å²) in [6.07, 6.45) is 0. The molecule has 2 aliphatic heterocycles. The molecule has 0 radical (unpaired) electrons. The minimum Gasteiger partial charge on any atom is -0.497 e. The van der Waals surface area contributed by atoms with Crippen molar-refractivity contribution in [1.29, 1.82) is 0 Å². The molecule has 38 heavy (non-hydrogen) atoms. The molecule has 1 saturated carbocycles. The zero-order chi connectivity index (χ0) is 26.9. The quantitative estimate of drug-likeness (QED) is 0.388.